The quantitative estimate of drug-likeness (QED) is 0.480. The number of ether oxygens (including phenoxy) is 1. The highest BCUT2D eigenvalue weighted by atomic mass is 16.5. The lowest BCUT2D eigenvalue weighted by atomic mass is 10.6. The Labute approximate surface area is 51.2 Å². The lowest BCUT2D eigenvalue weighted by Gasteiger charge is -1.81. The summed E-state index contributed by atoms with van der Waals surface area (Å²) in [4.78, 5) is 11.5. The van der Waals surface area contributed by atoms with Crippen molar-refractivity contribution in [3.63, 3.8) is 0 Å². The molecule has 0 atom stereocenters. The molecule has 43 valence electrons. The zero-order chi connectivity index (χ0) is 6.10. The van der Waals surface area contributed by atoms with Crippen LogP contribution in [0.3, 0.4) is 0 Å². The molecule has 1 aliphatic rings. The van der Waals surface area contributed by atoms with Crippen molar-refractivity contribution < 1.29 is 4.74 Å². The molecular formula is C5H3N3O+. The molecule has 0 aromatic carbocycles. The maximum absolute atomic E-state index is 4.83. The van der Waals surface area contributed by atoms with Crippen LogP contribution < -0.4 is 9.73 Å². The van der Waals surface area contributed by atoms with Crippen molar-refractivity contribution >= 4 is 12.2 Å². The van der Waals surface area contributed by atoms with Gasteiger partial charge in [0.1, 0.15) is 0 Å². The lowest BCUT2D eigenvalue weighted by molar-refractivity contribution is 0.565. The summed E-state index contributed by atoms with van der Waals surface area (Å²) < 4.78 is 4.83. The number of hydrogen-bond acceptors (Lipinski definition) is 4. The Morgan fingerprint density at radius 1 is 1.33 bits per heavy atom. The third kappa shape index (κ3) is 0.561. The Hall–Kier alpha value is -1.45. The van der Waals surface area contributed by atoms with Crippen LogP contribution in [0.1, 0.15) is 0 Å². The molecule has 2 rings (SSSR count). The number of rotatable bonds is 0. The molecule has 9 heavy (non-hydrogen) atoms. The first-order chi connectivity index (χ1) is 4.47. The molecule has 4 heteroatoms. The zero-order valence-corrected chi connectivity index (χ0v) is 4.48. The van der Waals surface area contributed by atoms with Crippen molar-refractivity contribution in [2.75, 3.05) is 0 Å². The van der Waals surface area contributed by atoms with Gasteiger partial charge in [-0.25, -0.2) is 4.98 Å². The first kappa shape index (κ1) is 4.43. The molecule has 1 aromatic rings. The van der Waals surface area contributed by atoms with Gasteiger partial charge in [-0.15, -0.1) is 0 Å². The molecule has 0 fully saturated rings. The van der Waals surface area contributed by atoms with Gasteiger partial charge in [0, 0.05) is 0 Å². The van der Waals surface area contributed by atoms with Gasteiger partial charge in [0.15, 0.2) is 6.20 Å². The van der Waals surface area contributed by atoms with Gasteiger partial charge in [-0.1, -0.05) is 0 Å². The van der Waals surface area contributed by atoms with Crippen LogP contribution in [0.4, 0.5) is 5.82 Å². The smallest absolute Gasteiger partial charge is 0.399 e. The van der Waals surface area contributed by atoms with Crippen LogP contribution >= 0.6 is 0 Å². The van der Waals surface area contributed by atoms with Crippen molar-refractivity contribution in [3.05, 3.63) is 12.4 Å². The summed E-state index contributed by atoms with van der Waals surface area (Å²) in [7, 11) is 0. The third-order valence-corrected chi connectivity index (χ3v) is 0.986. The van der Waals surface area contributed by atoms with E-state index in [-0.39, 0.29) is 0 Å². The second-order valence-electron chi connectivity index (χ2n) is 1.54. The van der Waals surface area contributed by atoms with E-state index in [4.69, 9.17) is 4.74 Å². The van der Waals surface area contributed by atoms with Gasteiger partial charge in [0.25, 0.3) is 6.40 Å². The first-order valence-corrected chi connectivity index (χ1v) is 2.47. The molecule has 0 aliphatic carbocycles. The summed E-state index contributed by atoms with van der Waals surface area (Å²) >= 11 is 0. The predicted octanol–water partition coefficient (Wildman–Crippen LogP) is -0.135. The van der Waals surface area contributed by atoms with Crippen LogP contribution in [0.15, 0.2) is 12.4 Å². The third-order valence-electron chi connectivity index (χ3n) is 0.986. The predicted molar refractivity (Wildman–Crippen MR) is 30.5 cm³/mol. The second kappa shape index (κ2) is 1.51. The number of hydrogen-bond donors (Lipinski definition) is 0. The standard InChI is InChI=1S/C5H3N3O/c1-2-7-5-4(6-1)8-3-9-5/h1-3H/q+1. The summed E-state index contributed by atoms with van der Waals surface area (Å²) in [6, 6.07) is 0. The fraction of sp³-hybridized carbons (Fsp3) is 0. The molecule has 0 saturated heterocycles. The minimum atomic E-state index is 0.484. The topological polar surface area (TPSA) is 49.1 Å². The van der Waals surface area contributed by atoms with E-state index in [2.05, 4.69) is 15.0 Å². The first-order valence-electron chi connectivity index (χ1n) is 2.47. The molecule has 0 spiro atoms. The van der Waals surface area contributed by atoms with E-state index in [1.807, 2.05) is 0 Å². The second-order valence-corrected chi connectivity index (χ2v) is 1.54. The molecule has 1 aromatic heterocycles. The summed E-state index contributed by atoms with van der Waals surface area (Å²) in [5.41, 5.74) is 0. The van der Waals surface area contributed by atoms with Crippen LogP contribution in [0.5, 0.6) is 5.88 Å². The number of fused-ring (bicyclic) bond motifs is 1. The maximum atomic E-state index is 4.83. The van der Waals surface area contributed by atoms with Gasteiger partial charge in [0.05, 0.1) is 6.20 Å². The van der Waals surface area contributed by atoms with E-state index in [0.717, 1.165) is 0 Å². The minimum Gasteiger partial charge on any atom is -0.399 e. The van der Waals surface area contributed by atoms with Gasteiger partial charge >= 0.3 is 11.7 Å². The van der Waals surface area contributed by atoms with E-state index < -0.39 is 0 Å². The Bertz CT molecular complexity index is 258. The van der Waals surface area contributed by atoms with Crippen molar-refractivity contribution in [3.8, 4) is 5.88 Å². The molecule has 0 saturated carbocycles. The van der Waals surface area contributed by atoms with E-state index >= 15 is 0 Å². The highest BCUT2D eigenvalue weighted by Gasteiger charge is 2.19. The molecule has 0 bridgehead atoms. The zero-order valence-electron chi connectivity index (χ0n) is 4.48. The normalized spacial score (nSPS) is 12.9. The van der Waals surface area contributed by atoms with Crippen LogP contribution in [0, 0.1) is 0 Å². The van der Waals surface area contributed by atoms with Crippen molar-refractivity contribution in [2.24, 2.45) is 0 Å². The van der Waals surface area contributed by atoms with Gasteiger partial charge in [-0.05, 0) is 9.98 Å². The van der Waals surface area contributed by atoms with Crippen molar-refractivity contribution in [1.82, 2.24) is 15.0 Å². The summed E-state index contributed by atoms with van der Waals surface area (Å²) in [5, 5.41) is 0. The SMILES string of the molecule is C1=[N+]c2nccnc2O1. The fourth-order valence-electron chi connectivity index (χ4n) is 0.616. The average molecular weight is 121 g/mol. The molecule has 0 amide bonds. The lowest BCUT2D eigenvalue weighted by Crippen LogP contribution is -1.84. The molecule has 4 nitrogen and oxygen atoms in total. The fourth-order valence-corrected chi connectivity index (χ4v) is 0.616. The molecule has 0 unspecified atom stereocenters. The summed E-state index contributed by atoms with van der Waals surface area (Å²) in [5.74, 6) is 1.04. The Morgan fingerprint density at radius 3 is 3.11 bits per heavy atom. The van der Waals surface area contributed by atoms with E-state index in [9.17, 15) is 0 Å². The largest absolute Gasteiger partial charge is 0.430 e. The van der Waals surface area contributed by atoms with Crippen LogP contribution in [-0.2, 0) is 0 Å². The maximum Gasteiger partial charge on any atom is 0.430 e. The molecule has 1 aliphatic heterocycles. The van der Waals surface area contributed by atoms with Crippen molar-refractivity contribution in [2.45, 2.75) is 0 Å². The minimum absolute atomic E-state index is 0.484. The summed E-state index contributed by atoms with van der Waals surface area (Å²) in [6.07, 6.45) is 4.46. The van der Waals surface area contributed by atoms with Gasteiger partial charge in [-0.3, -0.25) is 0 Å². The van der Waals surface area contributed by atoms with Crippen LogP contribution in [0.2, 0.25) is 0 Å². The number of nitrogens with zero attached hydrogens (tertiary/aromatic N) is 3. The molecule has 1 radical (unpaired) electrons. The molecule has 0 N–H and O–H groups in total. The number of aromatic nitrogens is 2. The van der Waals surface area contributed by atoms with Crippen molar-refractivity contribution in [1.29, 1.82) is 0 Å². The Kier molecular flexibility index (Phi) is 0.745. The van der Waals surface area contributed by atoms with Gasteiger partial charge < -0.3 is 4.74 Å². The summed E-state index contributed by atoms with van der Waals surface area (Å²) in [6.45, 7) is 0. The average Bonchev–Trinajstić information content (AvgIpc) is 2.33. The monoisotopic (exact) mass is 121 g/mol. The Balaban J connectivity index is 2.63. The van der Waals surface area contributed by atoms with Crippen LogP contribution in [-0.4, -0.2) is 16.4 Å². The highest BCUT2D eigenvalue weighted by molar-refractivity contribution is 5.63. The van der Waals surface area contributed by atoms with E-state index in [1.165, 1.54) is 6.40 Å². The van der Waals surface area contributed by atoms with E-state index in [1.54, 1.807) is 12.4 Å². The molecular weight excluding hydrogens is 118 g/mol. The number of aliphatic imine (C=N–C) groups is 1. The Morgan fingerprint density at radius 2 is 2.22 bits per heavy atom. The highest BCUT2D eigenvalue weighted by Crippen LogP contribution is 2.17. The van der Waals surface area contributed by atoms with E-state index in [0.29, 0.717) is 11.7 Å². The molecule has 2 heterocycles. The van der Waals surface area contributed by atoms with Gasteiger partial charge in [0.2, 0.25) is 0 Å². The van der Waals surface area contributed by atoms with Gasteiger partial charge in [-0.2, -0.15) is 0 Å². The van der Waals surface area contributed by atoms with Crippen LogP contribution in [0.25, 0.3) is 0 Å².